The van der Waals surface area contributed by atoms with E-state index in [-0.39, 0.29) is 41.7 Å². The van der Waals surface area contributed by atoms with Crippen molar-refractivity contribution in [1.29, 1.82) is 0 Å². The van der Waals surface area contributed by atoms with Crippen molar-refractivity contribution < 1.29 is 13.9 Å². The lowest BCUT2D eigenvalue weighted by atomic mass is 9.97. The molecule has 7 heteroatoms. The lowest BCUT2D eigenvalue weighted by Gasteiger charge is -2.33. The predicted molar refractivity (Wildman–Crippen MR) is 108 cm³/mol. The molecule has 1 N–H and O–H groups in total. The van der Waals surface area contributed by atoms with E-state index in [0.717, 1.165) is 37.5 Å². The SMILES string of the molecule is CCOC(=O)C1CCN(C(=NC)NCc2ccc(F)c(C)c2)CC1.I. The summed E-state index contributed by atoms with van der Waals surface area (Å²) in [4.78, 5) is 18.3. The van der Waals surface area contributed by atoms with Gasteiger partial charge in [-0.15, -0.1) is 24.0 Å². The maximum Gasteiger partial charge on any atom is 0.309 e. The molecule has 0 aromatic heterocycles. The van der Waals surface area contributed by atoms with Crippen molar-refractivity contribution in [2.45, 2.75) is 33.2 Å². The molecule has 0 amide bonds. The third kappa shape index (κ3) is 6.13. The monoisotopic (exact) mass is 463 g/mol. The molecule has 0 radical (unpaired) electrons. The lowest BCUT2D eigenvalue weighted by Crippen LogP contribution is -2.46. The predicted octanol–water partition coefficient (Wildman–Crippen LogP) is 3.10. The van der Waals surface area contributed by atoms with E-state index < -0.39 is 0 Å². The molecule has 1 fully saturated rings. The van der Waals surface area contributed by atoms with Crippen LogP contribution in [0.2, 0.25) is 0 Å². The number of aryl methyl sites for hydroxylation is 1. The van der Waals surface area contributed by atoms with Gasteiger partial charge in [-0.1, -0.05) is 12.1 Å². The van der Waals surface area contributed by atoms with Crippen LogP contribution in [0.5, 0.6) is 0 Å². The van der Waals surface area contributed by atoms with Crippen molar-refractivity contribution in [3.05, 3.63) is 35.1 Å². The van der Waals surface area contributed by atoms with Crippen LogP contribution in [0.4, 0.5) is 4.39 Å². The molecular formula is C18H27FIN3O2. The highest BCUT2D eigenvalue weighted by molar-refractivity contribution is 14.0. The molecule has 2 rings (SSSR count). The van der Waals surface area contributed by atoms with Crippen LogP contribution in [0.1, 0.15) is 30.9 Å². The average Bonchev–Trinajstić information content (AvgIpc) is 2.59. The molecule has 0 aliphatic carbocycles. The molecular weight excluding hydrogens is 436 g/mol. The smallest absolute Gasteiger partial charge is 0.309 e. The van der Waals surface area contributed by atoms with E-state index in [2.05, 4.69) is 15.2 Å². The number of esters is 1. The Kier molecular flexibility index (Phi) is 9.16. The Balaban J connectivity index is 0.00000312. The Labute approximate surface area is 166 Å². The summed E-state index contributed by atoms with van der Waals surface area (Å²) in [5, 5.41) is 3.31. The number of likely N-dealkylation sites (tertiary alicyclic amines) is 1. The van der Waals surface area contributed by atoms with Gasteiger partial charge >= 0.3 is 5.97 Å². The summed E-state index contributed by atoms with van der Waals surface area (Å²) in [6, 6.07) is 5.10. The van der Waals surface area contributed by atoms with Crippen molar-refractivity contribution in [3.63, 3.8) is 0 Å². The van der Waals surface area contributed by atoms with Gasteiger partial charge in [0.25, 0.3) is 0 Å². The first-order chi connectivity index (χ1) is 11.5. The van der Waals surface area contributed by atoms with Crippen molar-refractivity contribution >= 4 is 35.9 Å². The zero-order valence-corrected chi connectivity index (χ0v) is 17.4. The minimum absolute atomic E-state index is 0. The first-order valence-electron chi connectivity index (χ1n) is 8.42. The summed E-state index contributed by atoms with van der Waals surface area (Å²) < 4.78 is 18.4. The van der Waals surface area contributed by atoms with Crippen LogP contribution in [0.3, 0.4) is 0 Å². The molecule has 140 valence electrons. The van der Waals surface area contributed by atoms with E-state index in [1.165, 1.54) is 6.07 Å². The fraction of sp³-hybridized carbons (Fsp3) is 0.556. The number of hydrogen-bond acceptors (Lipinski definition) is 3. The minimum Gasteiger partial charge on any atom is -0.466 e. The molecule has 0 atom stereocenters. The van der Waals surface area contributed by atoms with Crippen LogP contribution in [-0.2, 0) is 16.1 Å². The van der Waals surface area contributed by atoms with Crippen molar-refractivity contribution in [2.75, 3.05) is 26.7 Å². The first-order valence-corrected chi connectivity index (χ1v) is 8.42. The van der Waals surface area contributed by atoms with E-state index in [4.69, 9.17) is 4.74 Å². The third-order valence-electron chi connectivity index (χ3n) is 4.30. The first kappa shape index (κ1) is 21.7. The molecule has 1 aliphatic heterocycles. The highest BCUT2D eigenvalue weighted by atomic mass is 127. The van der Waals surface area contributed by atoms with Gasteiger partial charge in [-0.3, -0.25) is 9.79 Å². The largest absolute Gasteiger partial charge is 0.466 e. The van der Waals surface area contributed by atoms with Gasteiger partial charge in [0, 0.05) is 26.7 Å². The van der Waals surface area contributed by atoms with Crippen molar-refractivity contribution in [2.24, 2.45) is 10.9 Å². The normalized spacial score (nSPS) is 15.5. The number of hydrogen-bond donors (Lipinski definition) is 1. The molecule has 0 unspecified atom stereocenters. The minimum atomic E-state index is -0.191. The van der Waals surface area contributed by atoms with Crippen LogP contribution in [0, 0.1) is 18.7 Å². The van der Waals surface area contributed by atoms with Gasteiger partial charge in [-0.25, -0.2) is 4.39 Å². The highest BCUT2D eigenvalue weighted by Crippen LogP contribution is 2.19. The maximum absolute atomic E-state index is 13.3. The molecule has 25 heavy (non-hydrogen) atoms. The van der Waals surface area contributed by atoms with Crippen LogP contribution < -0.4 is 5.32 Å². The lowest BCUT2D eigenvalue weighted by molar-refractivity contribution is -0.149. The molecule has 1 saturated heterocycles. The zero-order valence-electron chi connectivity index (χ0n) is 15.0. The fourth-order valence-electron chi connectivity index (χ4n) is 2.92. The van der Waals surface area contributed by atoms with E-state index in [0.29, 0.717) is 18.7 Å². The summed E-state index contributed by atoms with van der Waals surface area (Å²) in [7, 11) is 1.75. The number of rotatable bonds is 4. The topological polar surface area (TPSA) is 53.9 Å². The molecule has 1 heterocycles. The number of nitrogens with zero attached hydrogens (tertiary/aromatic N) is 2. The van der Waals surface area contributed by atoms with Gasteiger partial charge < -0.3 is 15.0 Å². The van der Waals surface area contributed by atoms with Crippen LogP contribution >= 0.6 is 24.0 Å². The molecule has 5 nitrogen and oxygen atoms in total. The number of benzene rings is 1. The number of nitrogens with one attached hydrogen (secondary N) is 1. The Bertz CT molecular complexity index is 602. The number of guanidine groups is 1. The number of aliphatic imine (C=N–C) groups is 1. The Morgan fingerprint density at radius 2 is 2.08 bits per heavy atom. The number of carbonyl (C=O) groups is 1. The Morgan fingerprint density at radius 3 is 2.64 bits per heavy atom. The van der Waals surface area contributed by atoms with Crippen LogP contribution in [-0.4, -0.2) is 43.6 Å². The highest BCUT2D eigenvalue weighted by Gasteiger charge is 2.27. The van der Waals surface area contributed by atoms with Gasteiger partial charge in [-0.05, 0) is 43.9 Å². The second kappa shape index (κ2) is 10.6. The van der Waals surface area contributed by atoms with E-state index in [1.807, 2.05) is 13.0 Å². The van der Waals surface area contributed by atoms with Crippen molar-refractivity contribution in [3.8, 4) is 0 Å². The second-order valence-corrected chi connectivity index (χ2v) is 6.00. The quantitative estimate of drug-likeness (QED) is 0.323. The Hall–Kier alpha value is -1.38. The molecule has 0 saturated carbocycles. The summed E-state index contributed by atoms with van der Waals surface area (Å²) in [5.41, 5.74) is 1.65. The molecule has 1 aliphatic rings. The molecule has 1 aromatic carbocycles. The van der Waals surface area contributed by atoms with Gasteiger partial charge in [0.1, 0.15) is 5.82 Å². The number of ether oxygens (including phenoxy) is 1. The molecule has 0 spiro atoms. The van der Waals surface area contributed by atoms with Gasteiger partial charge in [0.05, 0.1) is 12.5 Å². The zero-order chi connectivity index (χ0) is 17.5. The van der Waals surface area contributed by atoms with Gasteiger partial charge in [-0.2, -0.15) is 0 Å². The van der Waals surface area contributed by atoms with E-state index in [1.54, 1.807) is 20.0 Å². The number of carbonyl (C=O) groups excluding carboxylic acids is 1. The summed E-state index contributed by atoms with van der Waals surface area (Å²) in [6.45, 7) is 6.14. The van der Waals surface area contributed by atoms with E-state index >= 15 is 0 Å². The summed E-state index contributed by atoms with van der Waals surface area (Å²) in [6.07, 6.45) is 1.55. The van der Waals surface area contributed by atoms with Crippen molar-refractivity contribution in [1.82, 2.24) is 10.2 Å². The summed E-state index contributed by atoms with van der Waals surface area (Å²) >= 11 is 0. The summed E-state index contributed by atoms with van der Waals surface area (Å²) in [5.74, 6) is 0.504. The average molecular weight is 463 g/mol. The van der Waals surface area contributed by atoms with Crippen LogP contribution in [0.15, 0.2) is 23.2 Å². The van der Waals surface area contributed by atoms with Crippen LogP contribution in [0.25, 0.3) is 0 Å². The van der Waals surface area contributed by atoms with Gasteiger partial charge in [0.15, 0.2) is 5.96 Å². The van der Waals surface area contributed by atoms with Gasteiger partial charge in [0.2, 0.25) is 0 Å². The Morgan fingerprint density at radius 1 is 1.40 bits per heavy atom. The molecule has 0 bridgehead atoms. The fourth-order valence-corrected chi connectivity index (χ4v) is 2.92. The standard InChI is InChI=1S/C18H26FN3O2.HI/c1-4-24-17(23)15-7-9-22(10-8-15)18(20-3)21-12-14-5-6-16(19)13(2)11-14;/h5-6,11,15H,4,7-10,12H2,1-3H3,(H,20,21);1H. The second-order valence-electron chi connectivity index (χ2n) is 6.00. The number of halogens is 2. The number of piperidine rings is 1. The molecule has 1 aromatic rings. The third-order valence-corrected chi connectivity index (χ3v) is 4.30. The maximum atomic E-state index is 13.3. The van der Waals surface area contributed by atoms with E-state index in [9.17, 15) is 9.18 Å².